The number of rotatable bonds is 7. The monoisotopic (exact) mass is 396 g/mol. The number of thiol groups is 1. The first-order chi connectivity index (χ1) is 12.3. The van der Waals surface area contributed by atoms with Crippen molar-refractivity contribution in [3.63, 3.8) is 0 Å². The third-order valence-electron chi connectivity index (χ3n) is 3.53. The Morgan fingerprint density at radius 1 is 1.07 bits per heavy atom. The first-order valence-electron chi connectivity index (χ1n) is 8.58. The lowest BCUT2D eigenvalue weighted by Gasteiger charge is -2.29. The van der Waals surface area contributed by atoms with Gasteiger partial charge in [-0.2, -0.15) is 12.6 Å². The minimum Gasteiger partial charge on any atom is -0.480 e. The van der Waals surface area contributed by atoms with E-state index >= 15 is 0 Å². The molecule has 0 aromatic heterocycles. The molecule has 0 saturated carbocycles. The second-order valence-corrected chi connectivity index (χ2v) is 8.97. The Balaban J connectivity index is 2.99. The molecular formula is C19H28N2O5S. The summed E-state index contributed by atoms with van der Waals surface area (Å²) < 4.78 is 4.22. The van der Waals surface area contributed by atoms with Crippen molar-refractivity contribution in [1.82, 2.24) is 10.6 Å². The second kappa shape index (κ2) is 9.12. The van der Waals surface area contributed by atoms with Crippen LogP contribution in [0.3, 0.4) is 0 Å². The third-order valence-corrected chi connectivity index (χ3v) is 3.79. The lowest BCUT2D eigenvalue weighted by Crippen LogP contribution is -2.57. The van der Waals surface area contributed by atoms with Gasteiger partial charge in [0.15, 0.2) is 0 Å². The average Bonchev–Trinajstić information content (AvgIpc) is 2.49. The number of carbonyl (C=O) groups is 3. The fourth-order valence-electron chi connectivity index (χ4n) is 2.29. The highest BCUT2D eigenvalue weighted by Gasteiger charge is 2.36. The Morgan fingerprint density at radius 2 is 1.63 bits per heavy atom. The van der Waals surface area contributed by atoms with Crippen molar-refractivity contribution in [1.29, 1.82) is 0 Å². The van der Waals surface area contributed by atoms with Crippen LogP contribution in [-0.4, -0.2) is 45.5 Å². The van der Waals surface area contributed by atoms with Gasteiger partial charge in [-0.25, -0.2) is 9.59 Å². The predicted molar refractivity (Wildman–Crippen MR) is 106 cm³/mol. The molecule has 1 aromatic rings. The van der Waals surface area contributed by atoms with Gasteiger partial charge in [-0.05, 0) is 40.2 Å². The van der Waals surface area contributed by atoms with E-state index in [1.165, 1.54) is 0 Å². The molecule has 0 unspecified atom stereocenters. The maximum Gasteiger partial charge on any atom is 0.408 e. The first-order valence-corrected chi connectivity index (χ1v) is 9.03. The van der Waals surface area contributed by atoms with Crippen molar-refractivity contribution in [3.05, 3.63) is 35.9 Å². The quantitative estimate of drug-likeness (QED) is 0.530. The first kappa shape index (κ1) is 22.8. The maximum atomic E-state index is 12.7. The predicted octanol–water partition coefficient (Wildman–Crippen LogP) is 2.40. The molecule has 0 bridgehead atoms. The number of carboxylic acids is 1. The van der Waals surface area contributed by atoms with Crippen molar-refractivity contribution < 1.29 is 24.2 Å². The van der Waals surface area contributed by atoms with Gasteiger partial charge in [0, 0.05) is 11.2 Å². The molecule has 150 valence electrons. The molecule has 2 amide bonds. The lowest BCUT2D eigenvalue weighted by molar-refractivity contribution is -0.142. The van der Waals surface area contributed by atoms with Crippen LogP contribution in [0.4, 0.5) is 4.79 Å². The van der Waals surface area contributed by atoms with E-state index in [1.807, 2.05) is 30.3 Å². The zero-order valence-electron chi connectivity index (χ0n) is 16.3. The van der Waals surface area contributed by atoms with Crippen LogP contribution >= 0.6 is 12.6 Å². The number of hydrogen-bond donors (Lipinski definition) is 4. The average molecular weight is 397 g/mol. The molecule has 0 aliphatic carbocycles. The van der Waals surface area contributed by atoms with E-state index in [0.717, 1.165) is 5.56 Å². The van der Waals surface area contributed by atoms with Crippen LogP contribution in [0, 0.1) is 0 Å². The number of nitrogens with one attached hydrogen (secondary N) is 2. The van der Waals surface area contributed by atoms with Gasteiger partial charge in [0.25, 0.3) is 0 Å². The minimum absolute atomic E-state index is 0.186. The van der Waals surface area contributed by atoms with Gasteiger partial charge in [0.2, 0.25) is 5.91 Å². The molecule has 0 radical (unpaired) electrons. The van der Waals surface area contributed by atoms with Gasteiger partial charge in [-0.1, -0.05) is 30.3 Å². The summed E-state index contributed by atoms with van der Waals surface area (Å²) in [5, 5.41) is 14.4. The molecule has 1 rings (SSSR count). The number of ether oxygens (including phenoxy) is 1. The Labute approximate surface area is 165 Å². The Kier molecular flexibility index (Phi) is 7.71. The zero-order chi connectivity index (χ0) is 20.8. The number of hydrogen-bond acceptors (Lipinski definition) is 5. The summed E-state index contributed by atoms with van der Waals surface area (Å²) in [4.78, 5) is 36.4. The molecule has 7 nitrogen and oxygen atoms in total. The van der Waals surface area contributed by atoms with Gasteiger partial charge in [0.05, 0.1) is 0 Å². The van der Waals surface area contributed by atoms with E-state index in [9.17, 15) is 19.5 Å². The molecular weight excluding hydrogens is 368 g/mol. The SMILES string of the molecule is CC(C)(C)OC(=O)N[C@@H](Cc1ccccc1)C(=O)N[C@H](C(=O)O)C(C)(C)S. The van der Waals surface area contributed by atoms with Crippen LogP contribution in [0.1, 0.15) is 40.2 Å². The van der Waals surface area contributed by atoms with Crippen molar-refractivity contribution in [3.8, 4) is 0 Å². The molecule has 1 aromatic carbocycles. The van der Waals surface area contributed by atoms with Crippen LogP contribution < -0.4 is 10.6 Å². The molecule has 0 aliphatic rings. The highest BCUT2D eigenvalue weighted by atomic mass is 32.1. The third kappa shape index (κ3) is 8.34. The van der Waals surface area contributed by atoms with Crippen molar-refractivity contribution in [2.75, 3.05) is 0 Å². The summed E-state index contributed by atoms with van der Waals surface area (Å²) >= 11 is 4.25. The summed E-state index contributed by atoms with van der Waals surface area (Å²) in [7, 11) is 0. The number of carboxylic acid groups (broad SMARTS) is 1. The standard InChI is InChI=1S/C19H28N2O5S/c1-18(2,3)26-17(25)20-13(11-12-9-7-6-8-10-12)15(22)21-14(16(23)24)19(4,5)27/h6-10,13-14,27H,11H2,1-5H3,(H,20,25)(H,21,22)(H,23,24)/t13-,14+/m0/s1. The number of carbonyl (C=O) groups excluding carboxylic acids is 2. The highest BCUT2D eigenvalue weighted by Crippen LogP contribution is 2.18. The van der Waals surface area contributed by atoms with Crippen LogP contribution in [0.25, 0.3) is 0 Å². The van der Waals surface area contributed by atoms with Gasteiger partial charge < -0.3 is 20.5 Å². The van der Waals surface area contributed by atoms with E-state index in [4.69, 9.17) is 4.74 Å². The molecule has 0 saturated heterocycles. The van der Waals surface area contributed by atoms with Gasteiger partial charge >= 0.3 is 12.1 Å². The van der Waals surface area contributed by atoms with E-state index in [0.29, 0.717) is 0 Å². The van der Waals surface area contributed by atoms with Gasteiger partial charge in [0.1, 0.15) is 17.7 Å². The largest absolute Gasteiger partial charge is 0.480 e. The molecule has 8 heteroatoms. The molecule has 0 fully saturated rings. The van der Waals surface area contributed by atoms with Crippen LogP contribution in [0.2, 0.25) is 0 Å². The fraction of sp³-hybridized carbons (Fsp3) is 0.526. The molecule has 0 heterocycles. The zero-order valence-corrected chi connectivity index (χ0v) is 17.2. The number of aliphatic carboxylic acids is 1. The van der Waals surface area contributed by atoms with Crippen LogP contribution in [0.5, 0.6) is 0 Å². The second-order valence-electron chi connectivity index (χ2n) is 7.82. The van der Waals surface area contributed by atoms with E-state index in [2.05, 4.69) is 23.3 Å². The Morgan fingerprint density at radius 3 is 2.07 bits per heavy atom. The van der Waals surface area contributed by atoms with E-state index in [-0.39, 0.29) is 6.42 Å². The lowest BCUT2D eigenvalue weighted by atomic mass is 10.0. The van der Waals surface area contributed by atoms with Crippen LogP contribution in [-0.2, 0) is 20.7 Å². The van der Waals surface area contributed by atoms with Gasteiger partial charge in [-0.3, -0.25) is 4.79 Å². The number of benzene rings is 1. The summed E-state index contributed by atoms with van der Waals surface area (Å²) in [5.74, 6) is -1.83. The Bertz CT molecular complexity index is 665. The fourth-order valence-corrected chi connectivity index (χ4v) is 2.47. The molecule has 3 N–H and O–H groups in total. The van der Waals surface area contributed by atoms with Crippen LogP contribution in [0.15, 0.2) is 30.3 Å². The summed E-state index contributed by atoms with van der Waals surface area (Å²) in [6, 6.07) is 6.86. The molecule has 27 heavy (non-hydrogen) atoms. The highest BCUT2D eigenvalue weighted by molar-refractivity contribution is 7.81. The maximum absolute atomic E-state index is 12.7. The smallest absolute Gasteiger partial charge is 0.408 e. The topological polar surface area (TPSA) is 105 Å². The van der Waals surface area contributed by atoms with E-state index < -0.39 is 40.4 Å². The Hall–Kier alpha value is -2.22. The van der Waals surface area contributed by atoms with Crippen molar-refractivity contribution in [2.24, 2.45) is 0 Å². The van der Waals surface area contributed by atoms with Gasteiger partial charge in [-0.15, -0.1) is 0 Å². The molecule has 0 spiro atoms. The normalized spacial score (nSPS) is 14.0. The minimum atomic E-state index is -1.23. The summed E-state index contributed by atoms with van der Waals surface area (Å²) in [6.07, 6.45) is -0.568. The number of alkyl carbamates (subject to hydrolysis) is 1. The van der Waals surface area contributed by atoms with Crippen molar-refractivity contribution in [2.45, 2.75) is 63.5 Å². The van der Waals surface area contributed by atoms with E-state index in [1.54, 1.807) is 34.6 Å². The molecule has 2 atom stereocenters. The molecule has 0 aliphatic heterocycles. The summed E-state index contributed by atoms with van der Waals surface area (Å²) in [6.45, 7) is 8.31. The summed E-state index contributed by atoms with van der Waals surface area (Å²) in [5.41, 5.74) is 0.0832. The van der Waals surface area contributed by atoms with Crippen molar-refractivity contribution >= 4 is 30.6 Å². The number of amides is 2.